The van der Waals surface area contributed by atoms with Gasteiger partial charge in [-0.25, -0.2) is 4.98 Å². The van der Waals surface area contributed by atoms with Gasteiger partial charge in [0.2, 0.25) is 0 Å². The van der Waals surface area contributed by atoms with Gasteiger partial charge in [0, 0.05) is 13.1 Å². The fourth-order valence-corrected chi connectivity index (χ4v) is 2.57. The van der Waals surface area contributed by atoms with Gasteiger partial charge in [0.25, 0.3) is 5.91 Å². The minimum Gasteiger partial charge on any atom is -0.484 e. The molecule has 0 spiro atoms. The van der Waals surface area contributed by atoms with Gasteiger partial charge in [0.15, 0.2) is 6.61 Å². The van der Waals surface area contributed by atoms with E-state index in [1.807, 2.05) is 43.3 Å². The van der Waals surface area contributed by atoms with Crippen molar-refractivity contribution in [1.82, 2.24) is 4.98 Å². The Morgan fingerprint density at radius 2 is 1.91 bits per heavy atom. The van der Waals surface area contributed by atoms with E-state index in [4.69, 9.17) is 4.74 Å². The Kier molecular flexibility index (Phi) is 4.76. The number of ether oxygens (including phenoxy) is 1. The van der Waals surface area contributed by atoms with E-state index in [2.05, 4.69) is 15.2 Å². The summed E-state index contributed by atoms with van der Waals surface area (Å²) in [6.45, 7) is 4.11. The molecule has 0 unspecified atom stereocenters. The molecule has 0 atom stereocenters. The van der Waals surface area contributed by atoms with Crippen LogP contribution in [0, 0.1) is 6.92 Å². The molecule has 5 heteroatoms. The summed E-state index contributed by atoms with van der Waals surface area (Å²) in [5.41, 5.74) is 1.84. The number of aryl methyl sites for hydroxylation is 1. The van der Waals surface area contributed by atoms with Crippen LogP contribution in [-0.2, 0) is 4.79 Å². The maximum absolute atomic E-state index is 11.9. The van der Waals surface area contributed by atoms with E-state index in [9.17, 15) is 4.79 Å². The Hall–Kier alpha value is -2.56. The van der Waals surface area contributed by atoms with E-state index in [0.29, 0.717) is 11.4 Å². The molecule has 23 heavy (non-hydrogen) atoms. The van der Waals surface area contributed by atoms with Crippen molar-refractivity contribution in [2.24, 2.45) is 0 Å². The molecular formula is C18H21N3O2. The van der Waals surface area contributed by atoms with Gasteiger partial charge in [0.1, 0.15) is 11.6 Å². The largest absolute Gasteiger partial charge is 0.484 e. The summed E-state index contributed by atoms with van der Waals surface area (Å²) in [6.07, 6.45) is 4.13. The van der Waals surface area contributed by atoms with Crippen molar-refractivity contribution < 1.29 is 9.53 Å². The summed E-state index contributed by atoms with van der Waals surface area (Å²) in [6, 6.07) is 11.4. The molecule has 1 N–H and O–H groups in total. The normalized spacial score (nSPS) is 13.9. The monoisotopic (exact) mass is 311 g/mol. The first kappa shape index (κ1) is 15.3. The SMILES string of the molecule is Cc1ccc(OCC(=O)Nc2ccc(N3CCCC3)nc2)cc1. The molecule has 1 aliphatic rings. The highest BCUT2D eigenvalue weighted by molar-refractivity contribution is 5.91. The van der Waals surface area contributed by atoms with Gasteiger partial charge < -0.3 is 15.0 Å². The molecule has 1 aliphatic heterocycles. The van der Waals surface area contributed by atoms with Crippen LogP contribution in [-0.4, -0.2) is 30.6 Å². The van der Waals surface area contributed by atoms with Gasteiger partial charge in [-0.2, -0.15) is 0 Å². The number of benzene rings is 1. The summed E-state index contributed by atoms with van der Waals surface area (Å²) in [4.78, 5) is 18.6. The van der Waals surface area contributed by atoms with E-state index >= 15 is 0 Å². The van der Waals surface area contributed by atoms with E-state index in [-0.39, 0.29) is 12.5 Å². The number of aromatic nitrogens is 1. The molecule has 1 amide bonds. The Balaban J connectivity index is 1.50. The molecule has 0 saturated carbocycles. The van der Waals surface area contributed by atoms with Crippen LogP contribution >= 0.6 is 0 Å². The molecule has 2 aromatic rings. The standard InChI is InChI=1S/C18H21N3O2/c1-14-4-7-16(8-5-14)23-13-18(22)20-15-6-9-17(19-12-15)21-10-2-3-11-21/h4-9,12H,2-3,10-11,13H2,1H3,(H,20,22). The summed E-state index contributed by atoms with van der Waals surface area (Å²) in [5.74, 6) is 1.46. The maximum Gasteiger partial charge on any atom is 0.262 e. The van der Waals surface area contributed by atoms with Crippen LogP contribution in [0.5, 0.6) is 5.75 Å². The van der Waals surface area contributed by atoms with Crippen LogP contribution in [0.1, 0.15) is 18.4 Å². The number of carbonyl (C=O) groups is 1. The molecule has 1 saturated heterocycles. The van der Waals surface area contributed by atoms with Gasteiger partial charge in [-0.1, -0.05) is 17.7 Å². The van der Waals surface area contributed by atoms with Crippen molar-refractivity contribution in [3.05, 3.63) is 48.2 Å². The summed E-state index contributed by atoms with van der Waals surface area (Å²) < 4.78 is 5.46. The first-order valence-corrected chi connectivity index (χ1v) is 7.91. The lowest BCUT2D eigenvalue weighted by atomic mass is 10.2. The minimum atomic E-state index is -0.193. The van der Waals surface area contributed by atoms with Gasteiger partial charge >= 0.3 is 0 Å². The number of amides is 1. The van der Waals surface area contributed by atoms with Crippen molar-refractivity contribution in [3.8, 4) is 5.75 Å². The highest BCUT2D eigenvalue weighted by Gasteiger charge is 2.13. The fraction of sp³-hybridized carbons (Fsp3) is 0.333. The predicted molar refractivity (Wildman–Crippen MR) is 91.0 cm³/mol. The zero-order chi connectivity index (χ0) is 16.1. The maximum atomic E-state index is 11.9. The lowest BCUT2D eigenvalue weighted by Gasteiger charge is -2.16. The second kappa shape index (κ2) is 7.13. The van der Waals surface area contributed by atoms with Gasteiger partial charge in [-0.15, -0.1) is 0 Å². The first-order chi connectivity index (χ1) is 11.2. The summed E-state index contributed by atoms with van der Waals surface area (Å²) >= 11 is 0. The molecular weight excluding hydrogens is 290 g/mol. The number of nitrogens with zero attached hydrogens (tertiary/aromatic N) is 2. The number of nitrogens with one attached hydrogen (secondary N) is 1. The molecule has 120 valence electrons. The Morgan fingerprint density at radius 1 is 1.17 bits per heavy atom. The quantitative estimate of drug-likeness (QED) is 0.922. The zero-order valence-corrected chi connectivity index (χ0v) is 13.3. The number of anilines is 2. The predicted octanol–water partition coefficient (Wildman–Crippen LogP) is 3.01. The number of rotatable bonds is 5. The van der Waals surface area contributed by atoms with Gasteiger partial charge in [-0.3, -0.25) is 4.79 Å². The minimum absolute atomic E-state index is 0.0169. The highest BCUT2D eigenvalue weighted by atomic mass is 16.5. The third-order valence-corrected chi connectivity index (χ3v) is 3.85. The molecule has 1 aromatic heterocycles. The fourth-order valence-electron chi connectivity index (χ4n) is 2.57. The number of carbonyl (C=O) groups excluding carboxylic acids is 1. The van der Waals surface area contributed by atoms with Crippen molar-refractivity contribution in [2.75, 3.05) is 29.9 Å². The Labute approximate surface area is 136 Å². The zero-order valence-electron chi connectivity index (χ0n) is 13.3. The Bertz CT molecular complexity index is 647. The second-order valence-electron chi connectivity index (χ2n) is 5.75. The molecule has 2 heterocycles. The van der Waals surface area contributed by atoms with E-state index < -0.39 is 0 Å². The van der Waals surface area contributed by atoms with Crippen LogP contribution in [0.25, 0.3) is 0 Å². The number of hydrogen-bond acceptors (Lipinski definition) is 4. The lowest BCUT2D eigenvalue weighted by Crippen LogP contribution is -2.21. The van der Waals surface area contributed by atoms with E-state index in [0.717, 1.165) is 24.5 Å². The van der Waals surface area contributed by atoms with Crippen LogP contribution in [0.4, 0.5) is 11.5 Å². The average Bonchev–Trinajstić information content (AvgIpc) is 3.09. The van der Waals surface area contributed by atoms with E-state index in [1.165, 1.54) is 12.8 Å². The molecule has 5 nitrogen and oxygen atoms in total. The van der Waals surface area contributed by atoms with Crippen molar-refractivity contribution >= 4 is 17.4 Å². The lowest BCUT2D eigenvalue weighted by molar-refractivity contribution is -0.118. The number of hydrogen-bond donors (Lipinski definition) is 1. The molecule has 0 aliphatic carbocycles. The van der Waals surface area contributed by atoms with Crippen molar-refractivity contribution in [1.29, 1.82) is 0 Å². The molecule has 3 rings (SSSR count). The molecule has 1 aromatic carbocycles. The van der Waals surface area contributed by atoms with Gasteiger partial charge in [0.05, 0.1) is 11.9 Å². The third kappa shape index (κ3) is 4.22. The Morgan fingerprint density at radius 3 is 2.57 bits per heavy atom. The van der Waals surface area contributed by atoms with Gasteiger partial charge in [-0.05, 0) is 44.0 Å². The topological polar surface area (TPSA) is 54.5 Å². The van der Waals surface area contributed by atoms with Crippen LogP contribution in [0.15, 0.2) is 42.6 Å². The summed E-state index contributed by atoms with van der Waals surface area (Å²) in [5, 5.41) is 2.80. The van der Waals surface area contributed by atoms with Crippen LogP contribution in [0.2, 0.25) is 0 Å². The average molecular weight is 311 g/mol. The van der Waals surface area contributed by atoms with Crippen LogP contribution < -0.4 is 15.0 Å². The third-order valence-electron chi connectivity index (χ3n) is 3.85. The highest BCUT2D eigenvalue weighted by Crippen LogP contribution is 2.19. The summed E-state index contributed by atoms with van der Waals surface area (Å²) in [7, 11) is 0. The second-order valence-corrected chi connectivity index (χ2v) is 5.75. The number of pyridine rings is 1. The molecule has 0 bridgehead atoms. The first-order valence-electron chi connectivity index (χ1n) is 7.91. The van der Waals surface area contributed by atoms with Crippen molar-refractivity contribution in [3.63, 3.8) is 0 Å². The van der Waals surface area contributed by atoms with Crippen LogP contribution in [0.3, 0.4) is 0 Å². The van der Waals surface area contributed by atoms with E-state index in [1.54, 1.807) is 6.20 Å². The smallest absolute Gasteiger partial charge is 0.262 e. The molecule has 1 fully saturated rings. The van der Waals surface area contributed by atoms with Crippen molar-refractivity contribution in [2.45, 2.75) is 19.8 Å². The molecule has 0 radical (unpaired) electrons.